The zero-order chi connectivity index (χ0) is 17.9. The Hall–Kier alpha value is -1.84. The molecule has 0 saturated heterocycles. The number of carbonyl (C=O) groups is 2. The third kappa shape index (κ3) is 2.57. The average Bonchev–Trinajstić information content (AvgIpc) is 2.58. The third-order valence-corrected chi connectivity index (χ3v) is 7.35. The second-order valence-electron chi connectivity index (χ2n) is 9.55. The van der Waals surface area contributed by atoms with Crippen molar-refractivity contribution in [2.75, 3.05) is 6.54 Å². The van der Waals surface area contributed by atoms with Crippen molar-refractivity contribution in [1.29, 1.82) is 0 Å². The van der Waals surface area contributed by atoms with Gasteiger partial charge in [0.2, 0.25) is 0 Å². The molecule has 1 aromatic carbocycles. The van der Waals surface area contributed by atoms with Crippen LogP contribution in [0.25, 0.3) is 0 Å². The Morgan fingerprint density at radius 2 is 1.73 bits per heavy atom. The average molecular weight is 353 g/mol. The summed E-state index contributed by atoms with van der Waals surface area (Å²) in [5.74, 6) is 2.07. The van der Waals surface area contributed by atoms with Crippen LogP contribution in [0.3, 0.4) is 0 Å². The van der Waals surface area contributed by atoms with Crippen molar-refractivity contribution >= 4 is 11.9 Å². The highest BCUT2D eigenvalue weighted by Crippen LogP contribution is 2.59. The molecule has 0 aromatic heterocycles. The number of hydrogen-bond acceptors (Lipinski definition) is 3. The molecule has 0 spiro atoms. The molecule has 1 N–H and O–H groups in total. The van der Waals surface area contributed by atoms with E-state index in [2.05, 4.69) is 5.32 Å². The Balaban J connectivity index is 1.30. The Labute approximate surface area is 154 Å². The molecule has 4 saturated carbocycles. The molecule has 1 aliphatic heterocycles. The first-order valence-electron chi connectivity index (χ1n) is 10.0. The third-order valence-electron chi connectivity index (χ3n) is 7.35. The number of carbonyl (C=O) groups excluding carboxylic acids is 2. The highest BCUT2D eigenvalue weighted by Gasteiger charge is 2.51. The lowest BCUT2D eigenvalue weighted by molar-refractivity contribution is -0.141. The predicted octanol–water partition coefficient (Wildman–Crippen LogP) is 3.49. The molecular weight excluding hydrogens is 326 g/mol. The minimum absolute atomic E-state index is 0.143. The fraction of sp³-hybridized carbons (Fsp3) is 0.636. The van der Waals surface area contributed by atoms with E-state index in [4.69, 9.17) is 4.74 Å². The van der Waals surface area contributed by atoms with Crippen LogP contribution in [-0.4, -0.2) is 24.0 Å². The Bertz CT molecular complexity index is 735. The first kappa shape index (κ1) is 16.3. The number of fused-ring (bicyclic) bond motifs is 1. The monoisotopic (exact) mass is 353 g/mol. The standard InChI is InChI=1S/C22H27NO3/c1-21(12-17-4-2-3-5-18(17)19(24)26-21)20(25)23-13-22-9-14-6-15(10-22)8-16(7-14)11-22/h2-5,14-16H,6-13H2,1H3,(H,23,25)/t14?,15?,16?,21-,22?/m0/s1. The van der Waals surface area contributed by atoms with Crippen molar-refractivity contribution < 1.29 is 14.3 Å². The largest absolute Gasteiger partial charge is 0.445 e. The smallest absolute Gasteiger partial charge is 0.339 e. The van der Waals surface area contributed by atoms with Gasteiger partial charge in [-0.15, -0.1) is 0 Å². The SMILES string of the molecule is C[C@@]1(C(=O)NCC23CC4CC(CC(C4)C2)C3)Cc2ccccc2C(=O)O1. The topological polar surface area (TPSA) is 55.4 Å². The van der Waals surface area contributed by atoms with Crippen LogP contribution in [-0.2, 0) is 16.0 Å². The molecule has 1 heterocycles. The van der Waals surface area contributed by atoms with E-state index in [9.17, 15) is 9.59 Å². The van der Waals surface area contributed by atoms with Gasteiger partial charge in [0.25, 0.3) is 5.91 Å². The van der Waals surface area contributed by atoms with Crippen LogP contribution >= 0.6 is 0 Å². The quantitative estimate of drug-likeness (QED) is 0.846. The zero-order valence-electron chi connectivity index (χ0n) is 15.4. The highest BCUT2D eigenvalue weighted by atomic mass is 16.6. The molecular formula is C22H27NO3. The fourth-order valence-electron chi connectivity index (χ4n) is 6.62. The molecule has 138 valence electrons. The molecule has 0 radical (unpaired) electrons. The first-order chi connectivity index (χ1) is 12.4. The maximum absolute atomic E-state index is 13.0. The normalized spacial score (nSPS) is 40.0. The van der Waals surface area contributed by atoms with Crippen molar-refractivity contribution in [2.24, 2.45) is 23.2 Å². The van der Waals surface area contributed by atoms with E-state index >= 15 is 0 Å². The molecule has 1 amide bonds. The number of ether oxygens (including phenoxy) is 1. The van der Waals surface area contributed by atoms with Crippen molar-refractivity contribution in [2.45, 2.75) is 57.5 Å². The van der Waals surface area contributed by atoms with Crippen LogP contribution < -0.4 is 5.32 Å². The van der Waals surface area contributed by atoms with E-state index in [-0.39, 0.29) is 17.3 Å². The van der Waals surface area contributed by atoms with Crippen LogP contribution in [0.4, 0.5) is 0 Å². The number of benzene rings is 1. The summed E-state index contributed by atoms with van der Waals surface area (Å²) in [5, 5.41) is 3.19. The van der Waals surface area contributed by atoms with Gasteiger partial charge in [0.05, 0.1) is 5.56 Å². The van der Waals surface area contributed by atoms with Crippen LogP contribution in [0, 0.1) is 23.2 Å². The minimum Gasteiger partial charge on any atom is -0.445 e. The number of esters is 1. The van der Waals surface area contributed by atoms with Crippen molar-refractivity contribution in [3.8, 4) is 0 Å². The highest BCUT2D eigenvalue weighted by molar-refractivity contribution is 5.97. The van der Waals surface area contributed by atoms with E-state index in [1.165, 1.54) is 38.5 Å². The van der Waals surface area contributed by atoms with E-state index in [0.717, 1.165) is 29.9 Å². The van der Waals surface area contributed by atoms with Gasteiger partial charge in [-0.3, -0.25) is 4.79 Å². The van der Waals surface area contributed by atoms with Gasteiger partial charge in [0, 0.05) is 13.0 Å². The van der Waals surface area contributed by atoms with Crippen LogP contribution in [0.2, 0.25) is 0 Å². The van der Waals surface area contributed by atoms with Gasteiger partial charge in [0.15, 0.2) is 5.60 Å². The molecule has 4 aliphatic carbocycles. The van der Waals surface area contributed by atoms with Gasteiger partial charge in [-0.2, -0.15) is 0 Å². The van der Waals surface area contributed by atoms with E-state index in [1.807, 2.05) is 18.2 Å². The Morgan fingerprint density at radius 1 is 1.12 bits per heavy atom. The zero-order valence-corrected chi connectivity index (χ0v) is 15.4. The Morgan fingerprint density at radius 3 is 2.38 bits per heavy atom. The number of nitrogens with one attached hydrogen (secondary N) is 1. The van der Waals surface area contributed by atoms with E-state index < -0.39 is 5.60 Å². The fourth-order valence-corrected chi connectivity index (χ4v) is 6.62. The van der Waals surface area contributed by atoms with Crippen molar-refractivity contribution in [3.63, 3.8) is 0 Å². The second-order valence-corrected chi connectivity index (χ2v) is 9.55. The maximum Gasteiger partial charge on any atom is 0.339 e. The van der Waals surface area contributed by atoms with E-state index in [0.29, 0.717) is 12.0 Å². The van der Waals surface area contributed by atoms with Crippen LogP contribution in [0.15, 0.2) is 24.3 Å². The molecule has 6 rings (SSSR count). The molecule has 4 bridgehead atoms. The van der Waals surface area contributed by atoms with Gasteiger partial charge < -0.3 is 10.1 Å². The predicted molar refractivity (Wildman–Crippen MR) is 97.6 cm³/mol. The lowest BCUT2D eigenvalue weighted by Gasteiger charge is -2.57. The van der Waals surface area contributed by atoms with Crippen LogP contribution in [0.5, 0.6) is 0 Å². The summed E-state index contributed by atoms with van der Waals surface area (Å²) in [6.45, 7) is 2.49. The molecule has 1 atom stereocenters. The Kier molecular flexibility index (Phi) is 3.51. The summed E-state index contributed by atoms with van der Waals surface area (Å²) in [4.78, 5) is 25.3. The number of amides is 1. The summed E-state index contributed by atoms with van der Waals surface area (Å²) in [6.07, 6.45) is 8.44. The van der Waals surface area contributed by atoms with Gasteiger partial charge in [-0.1, -0.05) is 18.2 Å². The van der Waals surface area contributed by atoms with E-state index in [1.54, 1.807) is 13.0 Å². The number of hydrogen-bond donors (Lipinski definition) is 1. The molecule has 1 aromatic rings. The molecule has 4 fully saturated rings. The molecule has 26 heavy (non-hydrogen) atoms. The summed E-state index contributed by atoms with van der Waals surface area (Å²) >= 11 is 0. The molecule has 0 unspecified atom stereocenters. The summed E-state index contributed by atoms with van der Waals surface area (Å²) in [6, 6.07) is 7.42. The summed E-state index contributed by atoms with van der Waals surface area (Å²) in [5.41, 5.74) is 0.667. The number of cyclic esters (lactones) is 1. The summed E-state index contributed by atoms with van der Waals surface area (Å²) in [7, 11) is 0. The van der Waals surface area contributed by atoms with Crippen molar-refractivity contribution in [3.05, 3.63) is 35.4 Å². The van der Waals surface area contributed by atoms with Crippen LogP contribution in [0.1, 0.15) is 61.4 Å². The van der Waals surface area contributed by atoms with Crippen molar-refractivity contribution in [1.82, 2.24) is 5.32 Å². The lowest BCUT2D eigenvalue weighted by atomic mass is 9.49. The van der Waals surface area contributed by atoms with Gasteiger partial charge in [-0.25, -0.2) is 4.79 Å². The van der Waals surface area contributed by atoms with Gasteiger partial charge >= 0.3 is 5.97 Å². The maximum atomic E-state index is 13.0. The second kappa shape index (κ2) is 5.58. The number of rotatable bonds is 3. The lowest BCUT2D eigenvalue weighted by Crippen LogP contribution is -2.56. The molecule has 4 nitrogen and oxygen atoms in total. The van der Waals surface area contributed by atoms with Gasteiger partial charge in [0.1, 0.15) is 0 Å². The molecule has 5 aliphatic rings. The first-order valence-corrected chi connectivity index (χ1v) is 10.0. The minimum atomic E-state index is -1.10. The van der Waals surface area contributed by atoms with Gasteiger partial charge in [-0.05, 0) is 80.2 Å². The molecule has 4 heteroatoms. The summed E-state index contributed by atoms with van der Waals surface area (Å²) < 4.78 is 5.58.